The molecule has 2 fully saturated rings. The number of anilines is 2. The fourth-order valence-electron chi connectivity index (χ4n) is 4.06. The summed E-state index contributed by atoms with van der Waals surface area (Å²) in [6.07, 6.45) is 3.49. The SMILES string of the molecule is Cc1cc(N2CCN(CC3CCNCC3)CC2)ccc1NC(=O)CCNC=O. The van der Waals surface area contributed by atoms with Crippen LogP contribution >= 0.6 is 0 Å². The maximum Gasteiger partial charge on any atom is 0.226 e. The van der Waals surface area contributed by atoms with E-state index in [4.69, 9.17) is 0 Å². The number of carbonyl (C=O) groups is 2. The predicted molar refractivity (Wildman–Crippen MR) is 113 cm³/mol. The van der Waals surface area contributed by atoms with E-state index in [-0.39, 0.29) is 12.3 Å². The van der Waals surface area contributed by atoms with Gasteiger partial charge in [0.15, 0.2) is 0 Å². The molecule has 0 spiro atoms. The second-order valence-corrected chi connectivity index (χ2v) is 7.85. The second kappa shape index (κ2) is 10.4. The highest BCUT2D eigenvalue weighted by Gasteiger charge is 2.21. The smallest absolute Gasteiger partial charge is 0.226 e. The summed E-state index contributed by atoms with van der Waals surface area (Å²) >= 11 is 0. The molecule has 0 unspecified atom stereocenters. The molecule has 7 heteroatoms. The lowest BCUT2D eigenvalue weighted by atomic mass is 9.97. The van der Waals surface area contributed by atoms with Crippen LogP contribution in [0.3, 0.4) is 0 Å². The largest absolute Gasteiger partial charge is 0.369 e. The molecule has 3 rings (SSSR count). The van der Waals surface area contributed by atoms with E-state index >= 15 is 0 Å². The van der Waals surface area contributed by atoms with Crippen LogP contribution in [0.2, 0.25) is 0 Å². The van der Waals surface area contributed by atoms with E-state index < -0.39 is 0 Å². The van der Waals surface area contributed by atoms with Crippen molar-refractivity contribution in [2.24, 2.45) is 5.92 Å². The van der Waals surface area contributed by atoms with Gasteiger partial charge in [-0.3, -0.25) is 14.5 Å². The lowest BCUT2D eigenvalue weighted by molar-refractivity contribution is -0.116. The Balaban J connectivity index is 1.47. The number of hydrogen-bond donors (Lipinski definition) is 3. The van der Waals surface area contributed by atoms with Crippen molar-refractivity contribution < 1.29 is 9.59 Å². The zero-order valence-electron chi connectivity index (χ0n) is 16.9. The lowest BCUT2D eigenvalue weighted by Crippen LogP contribution is -2.48. The molecular weight excluding hydrogens is 354 g/mol. The Morgan fingerprint density at radius 2 is 1.96 bits per heavy atom. The van der Waals surface area contributed by atoms with Gasteiger partial charge in [-0.2, -0.15) is 0 Å². The van der Waals surface area contributed by atoms with Crippen molar-refractivity contribution in [2.45, 2.75) is 26.2 Å². The van der Waals surface area contributed by atoms with Gasteiger partial charge in [0.05, 0.1) is 0 Å². The quantitative estimate of drug-likeness (QED) is 0.461. The molecule has 0 aliphatic carbocycles. The number of rotatable bonds is 8. The summed E-state index contributed by atoms with van der Waals surface area (Å²) in [5, 5.41) is 8.88. The van der Waals surface area contributed by atoms with Gasteiger partial charge in [-0.1, -0.05) is 0 Å². The summed E-state index contributed by atoms with van der Waals surface area (Å²) < 4.78 is 0. The monoisotopic (exact) mass is 387 g/mol. The molecule has 2 aliphatic heterocycles. The molecular formula is C21H33N5O2. The number of nitrogens with zero attached hydrogens (tertiary/aromatic N) is 2. The Hall–Kier alpha value is -2.12. The topological polar surface area (TPSA) is 76.7 Å². The first-order chi connectivity index (χ1) is 13.7. The third-order valence-electron chi connectivity index (χ3n) is 5.78. The number of nitrogens with one attached hydrogen (secondary N) is 3. The molecule has 0 atom stereocenters. The summed E-state index contributed by atoms with van der Waals surface area (Å²) in [4.78, 5) is 27.2. The van der Waals surface area contributed by atoms with Gasteiger partial charge in [-0.05, 0) is 62.5 Å². The Morgan fingerprint density at radius 1 is 1.21 bits per heavy atom. The maximum absolute atomic E-state index is 11.9. The highest BCUT2D eigenvalue weighted by molar-refractivity contribution is 5.92. The molecule has 7 nitrogen and oxygen atoms in total. The van der Waals surface area contributed by atoms with E-state index in [1.165, 1.54) is 38.2 Å². The normalized spacial score (nSPS) is 18.7. The molecule has 28 heavy (non-hydrogen) atoms. The van der Waals surface area contributed by atoms with Crippen molar-refractivity contribution in [2.75, 3.05) is 62.6 Å². The van der Waals surface area contributed by atoms with E-state index in [0.717, 1.165) is 43.3 Å². The van der Waals surface area contributed by atoms with Crippen molar-refractivity contribution in [3.05, 3.63) is 23.8 Å². The van der Waals surface area contributed by atoms with E-state index in [1.807, 2.05) is 13.0 Å². The highest BCUT2D eigenvalue weighted by atomic mass is 16.1. The summed E-state index contributed by atoms with van der Waals surface area (Å²) in [6, 6.07) is 6.23. The molecule has 154 valence electrons. The first-order valence-electron chi connectivity index (χ1n) is 10.4. The maximum atomic E-state index is 11.9. The standard InChI is InChI=1S/C21H33N5O2/c1-17-14-19(2-3-20(17)24-21(28)6-9-23-16-27)26-12-10-25(11-13-26)15-18-4-7-22-8-5-18/h2-3,14,16,18,22H,4-13,15H2,1H3,(H,23,27)(H,24,28). The van der Waals surface area contributed by atoms with Gasteiger partial charge in [-0.15, -0.1) is 0 Å². The summed E-state index contributed by atoms with van der Waals surface area (Å²) in [6.45, 7) is 10.3. The van der Waals surface area contributed by atoms with Gasteiger partial charge in [0.25, 0.3) is 0 Å². The molecule has 2 amide bonds. The number of piperidine rings is 1. The van der Waals surface area contributed by atoms with Gasteiger partial charge in [0.1, 0.15) is 0 Å². The summed E-state index contributed by atoms with van der Waals surface area (Å²) in [7, 11) is 0. The third-order valence-corrected chi connectivity index (χ3v) is 5.78. The van der Waals surface area contributed by atoms with Crippen molar-refractivity contribution in [3.63, 3.8) is 0 Å². The molecule has 3 N–H and O–H groups in total. The van der Waals surface area contributed by atoms with Crippen molar-refractivity contribution in [1.29, 1.82) is 0 Å². The molecule has 2 aliphatic rings. The minimum Gasteiger partial charge on any atom is -0.369 e. The van der Waals surface area contributed by atoms with E-state index in [0.29, 0.717) is 13.0 Å². The molecule has 1 aromatic carbocycles. The molecule has 0 radical (unpaired) electrons. The van der Waals surface area contributed by atoms with Gasteiger partial charge < -0.3 is 20.9 Å². The Labute approximate surface area is 167 Å². The Morgan fingerprint density at radius 3 is 2.64 bits per heavy atom. The highest BCUT2D eigenvalue weighted by Crippen LogP contribution is 2.24. The minimum absolute atomic E-state index is 0.0864. The van der Waals surface area contributed by atoms with Crippen molar-refractivity contribution in [3.8, 4) is 0 Å². The van der Waals surface area contributed by atoms with Crippen LogP contribution in [-0.2, 0) is 9.59 Å². The first-order valence-corrected chi connectivity index (χ1v) is 10.4. The van der Waals surface area contributed by atoms with Crippen LogP contribution in [0, 0.1) is 12.8 Å². The number of hydrogen-bond acceptors (Lipinski definition) is 5. The summed E-state index contributed by atoms with van der Waals surface area (Å²) in [5.41, 5.74) is 3.12. The molecule has 0 aromatic heterocycles. The van der Waals surface area contributed by atoms with E-state index in [2.05, 4.69) is 37.9 Å². The Kier molecular flexibility index (Phi) is 7.68. The number of carbonyl (C=O) groups excluding carboxylic acids is 2. The average Bonchev–Trinajstić information content (AvgIpc) is 2.71. The fraction of sp³-hybridized carbons (Fsp3) is 0.619. The van der Waals surface area contributed by atoms with Gasteiger partial charge >= 0.3 is 0 Å². The van der Waals surface area contributed by atoms with Gasteiger partial charge in [0.2, 0.25) is 12.3 Å². The van der Waals surface area contributed by atoms with Crippen LogP contribution in [0.15, 0.2) is 18.2 Å². The third kappa shape index (κ3) is 5.94. The van der Waals surface area contributed by atoms with Crippen LogP contribution < -0.4 is 20.9 Å². The number of aryl methyl sites for hydroxylation is 1. The lowest BCUT2D eigenvalue weighted by Gasteiger charge is -2.38. The molecule has 1 aromatic rings. The minimum atomic E-state index is -0.0864. The van der Waals surface area contributed by atoms with Crippen molar-refractivity contribution >= 4 is 23.7 Å². The fourth-order valence-corrected chi connectivity index (χ4v) is 4.06. The van der Waals surface area contributed by atoms with Gasteiger partial charge in [0, 0.05) is 57.1 Å². The van der Waals surface area contributed by atoms with Crippen molar-refractivity contribution in [1.82, 2.24) is 15.5 Å². The van der Waals surface area contributed by atoms with E-state index in [1.54, 1.807) is 0 Å². The number of piperazine rings is 1. The average molecular weight is 388 g/mol. The number of benzene rings is 1. The molecule has 2 heterocycles. The Bertz CT molecular complexity index is 652. The summed E-state index contributed by atoms with van der Waals surface area (Å²) in [5.74, 6) is 0.761. The zero-order valence-corrected chi connectivity index (χ0v) is 16.9. The van der Waals surface area contributed by atoms with Crippen LogP contribution in [0.4, 0.5) is 11.4 Å². The number of amides is 2. The van der Waals surface area contributed by atoms with Gasteiger partial charge in [-0.25, -0.2) is 0 Å². The molecule has 0 saturated carbocycles. The molecule has 2 saturated heterocycles. The predicted octanol–water partition coefficient (Wildman–Crippen LogP) is 1.19. The van der Waals surface area contributed by atoms with E-state index in [9.17, 15) is 9.59 Å². The second-order valence-electron chi connectivity index (χ2n) is 7.85. The zero-order chi connectivity index (χ0) is 19.8. The molecule has 0 bridgehead atoms. The van der Waals surface area contributed by atoms with Crippen LogP contribution in [0.1, 0.15) is 24.8 Å². The first kappa shape index (κ1) is 20.6. The van der Waals surface area contributed by atoms with Crippen LogP contribution in [0.25, 0.3) is 0 Å². The van der Waals surface area contributed by atoms with Crippen LogP contribution in [-0.4, -0.2) is 69.6 Å². The van der Waals surface area contributed by atoms with Crippen LogP contribution in [0.5, 0.6) is 0 Å².